The summed E-state index contributed by atoms with van der Waals surface area (Å²) in [6.07, 6.45) is 1.48. The molecule has 0 radical (unpaired) electrons. The highest BCUT2D eigenvalue weighted by molar-refractivity contribution is 7.85. The first-order chi connectivity index (χ1) is 14.1. The predicted octanol–water partition coefficient (Wildman–Crippen LogP) is 3.39. The van der Waals surface area contributed by atoms with Gasteiger partial charge in [-0.2, -0.15) is 0 Å². The van der Waals surface area contributed by atoms with Gasteiger partial charge >= 0.3 is 0 Å². The van der Waals surface area contributed by atoms with Gasteiger partial charge in [0.1, 0.15) is 24.7 Å². The van der Waals surface area contributed by atoms with Gasteiger partial charge in [0, 0.05) is 28.1 Å². The predicted molar refractivity (Wildman–Crippen MR) is 109 cm³/mol. The van der Waals surface area contributed by atoms with E-state index in [4.69, 9.17) is 13.9 Å². The van der Waals surface area contributed by atoms with Crippen molar-refractivity contribution in [1.29, 1.82) is 0 Å². The van der Waals surface area contributed by atoms with E-state index in [2.05, 4.69) is 10.3 Å². The summed E-state index contributed by atoms with van der Waals surface area (Å²) in [6.45, 7) is 2.60. The van der Waals surface area contributed by atoms with Crippen LogP contribution in [-0.4, -0.2) is 33.6 Å². The quantitative estimate of drug-likeness (QED) is 0.667. The molecule has 0 fully saturated rings. The summed E-state index contributed by atoms with van der Waals surface area (Å²) in [4.78, 5) is 16.9. The van der Waals surface area contributed by atoms with Crippen LogP contribution in [-0.2, 0) is 21.3 Å². The maximum Gasteiger partial charge on any atom is 0.239 e. The van der Waals surface area contributed by atoms with Gasteiger partial charge in [-0.05, 0) is 31.2 Å². The van der Waals surface area contributed by atoms with Crippen LogP contribution in [0.4, 0.5) is 5.69 Å². The van der Waals surface area contributed by atoms with Crippen molar-refractivity contribution in [2.24, 2.45) is 0 Å². The number of oxazole rings is 1. The van der Waals surface area contributed by atoms with Gasteiger partial charge in [0.15, 0.2) is 11.5 Å². The lowest BCUT2D eigenvalue weighted by molar-refractivity contribution is -0.115. The summed E-state index contributed by atoms with van der Waals surface area (Å²) in [6, 6.07) is 14.6. The van der Waals surface area contributed by atoms with Crippen LogP contribution in [0.2, 0.25) is 0 Å². The van der Waals surface area contributed by atoms with Crippen LogP contribution in [0.5, 0.6) is 11.5 Å². The third-order valence-corrected chi connectivity index (χ3v) is 6.02. The molecular weight excluding hydrogens is 392 g/mol. The zero-order chi connectivity index (χ0) is 20.2. The zero-order valence-electron chi connectivity index (χ0n) is 15.8. The summed E-state index contributed by atoms with van der Waals surface area (Å²) in [5, 5.41) is 2.06. The van der Waals surface area contributed by atoms with Gasteiger partial charge in [-0.1, -0.05) is 18.2 Å². The monoisotopic (exact) mass is 412 g/mol. The number of fused-ring (bicyclic) bond motifs is 1. The fourth-order valence-electron chi connectivity index (χ4n) is 2.84. The largest absolute Gasteiger partial charge is 0.486 e. The Morgan fingerprint density at radius 2 is 1.90 bits per heavy atom. The van der Waals surface area contributed by atoms with Gasteiger partial charge in [0.25, 0.3) is 0 Å². The number of aromatic nitrogens is 1. The molecule has 1 aliphatic heterocycles. The van der Waals surface area contributed by atoms with Crippen molar-refractivity contribution in [2.75, 3.05) is 18.5 Å². The number of carbonyl (C=O) groups excluding carboxylic acids is 1. The summed E-state index contributed by atoms with van der Waals surface area (Å²) in [5.74, 6) is 1.48. The maximum absolute atomic E-state index is 12.6. The lowest BCUT2D eigenvalue weighted by Gasteiger charge is -2.19. The normalized spacial score (nSPS) is 14.8. The van der Waals surface area contributed by atoms with E-state index in [1.807, 2.05) is 30.3 Å². The van der Waals surface area contributed by atoms with Gasteiger partial charge in [-0.15, -0.1) is 0 Å². The van der Waals surface area contributed by atoms with E-state index < -0.39 is 16.0 Å². The number of rotatable bonds is 6. The topological polar surface area (TPSA) is 90.7 Å². The van der Waals surface area contributed by atoms with Crippen LogP contribution >= 0.6 is 0 Å². The first-order valence-electron chi connectivity index (χ1n) is 9.17. The molecule has 1 aliphatic rings. The molecule has 7 nitrogen and oxygen atoms in total. The Morgan fingerprint density at radius 3 is 2.69 bits per heavy atom. The minimum absolute atomic E-state index is 0.131. The highest BCUT2D eigenvalue weighted by atomic mass is 32.2. The van der Waals surface area contributed by atoms with Crippen LogP contribution in [0.15, 0.2) is 59.2 Å². The van der Waals surface area contributed by atoms with Gasteiger partial charge in [-0.25, -0.2) is 4.98 Å². The fraction of sp³-hybridized carbons (Fsp3) is 0.238. The number of hydrogen-bond donors (Lipinski definition) is 1. The van der Waals surface area contributed by atoms with Crippen molar-refractivity contribution >= 4 is 22.4 Å². The second-order valence-corrected chi connectivity index (χ2v) is 8.28. The Bertz CT molecular complexity index is 1030. The molecule has 0 bridgehead atoms. The third-order valence-electron chi connectivity index (χ3n) is 4.44. The first-order valence-corrected chi connectivity index (χ1v) is 10.6. The molecule has 0 saturated heterocycles. The Kier molecular flexibility index (Phi) is 5.62. The zero-order valence-corrected chi connectivity index (χ0v) is 16.6. The fourth-order valence-corrected chi connectivity index (χ4v) is 3.81. The molecule has 0 aliphatic carbocycles. The average molecular weight is 412 g/mol. The van der Waals surface area contributed by atoms with Gasteiger partial charge in [0.05, 0.1) is 11.4 Å². The molecule has 29 heavy (non-hydrogen) atoms. The van der Waals surface area contributed by atoms with Crippen LogP contribution in [0.25, 0.3) is 11.5 Å². The second kappa shape index (κ2) is 8.48. The van der Waals surface area contributed by atoms with E-state index in [1.165, 1.54) is 6.26 Å². The second-order valence-electron chi connectivity index (χ2n) is 6.53. The molecule has 1 N–H and O–H groups in total. The van der Waals surface area contributed by atoms with Gasteiger partial charge < -0.3 is 19.2 Å². The van der Waals surface area contributed by atoms with Crippen molar-refractivity contribution in [3.8, 4) is 23.0 Å². The standard InChI is InChI=1S/C21H20N2O5S/c1-14(20(24)22-16-7-8-18-19(11-16)27-10-9-26-18)29(25)13-17-12-28-21(23-17)15-5-3-2-4-6-15/h2-8,11-12,14H,9-10,13H2,1H3,(H,22,24). The van der Waals surface area contributed by atoms with E-state index in [0.29, 0.717) is 42.0 Å². The molecule has 1 aromatic heterocycles. The maximum atomic E-state index is 12.6. The van der Waals surface area contributed by atoms with E-state index in [1.54, 1.807) is 25.1 Å². The molecule has 0 saturated carbocycles. The van der Waals surface area contributed by atoms with Crippen LogP contribution in [0.3, 0.4) is 0 Å². The highest BCUT2D eigenvalue weighted by Crippen LogP contribution is 2.32. The number of anilines is 1. The number of ether oxygens (including phenoxy) is 2. The summed E-state index contributed by atoms with van der Waals surface area (Å²) in [5.41, 5.74) is 1.95. The molecule has 2 atom stereocenters. The lowest BCUT2D eigenvalue weighted by Crippen LogP contribution is -2.29. The van der Waals surface area contributed by atoms with E-state index >= 15 is 0 Å². The van der Waals surface area contributed by atoms with Gasteiger partial charge in [0.2, 0.25) is 11.8 Å². The molecule has 2 unspecified atom stereocenters. The number of benzene rings is 2. The Labute approximate surface area is 170 Å². The van der Waals surface area contributed by atoms with E-state index in [0.717, 1.165) is 5.56 Å². The summed E-state index contributed by atoms with van der Waals surface area (Å²) >= 11 is 0. The number of hydrogen-bond acceptors (Lipinski definition) is 6. The number of carbonyl (C=O) groups is 1. The molecule has 2 heterocycles. The van der Waals surface area contributed by atoms with Crippen molar-refractivity contribution in [2.45, 2.75) is 17.9 Å². The van der Waals surface area contributed by atoms with Crippen molar-refractivity contribution in [3.63, 3.8) is 0 Å². The number of nitrogens with one attached hydrogen (secondary N) is 1. The van der Waals surface area contributed by atoms with Crippen LogP contribution < -0.4 is 14.8 Å². The summed E-state index contributed by atoms with van der Waals surface area (Å²) < 4.78 is 29.1. The first kappa shape index (κ1) is 19.2. The Balaban J connectivity index is 1.38. The van der Waals surface area contributed by atoms with Crippen molar-refractivity contribution < 1.29 is 22.9 Å². The molecule has 0 spiro atoms. The molecular formula is C21H20N2O5S. The molecule has 2 aromatic carbocycles. The van der Waals surface area contributed by atoms with E-state index in [9.17, 15) is 9.00 Å². The SMILES string of the molecule is CC(C(=O)Nc1ccc2c(c1)OCCO2)S(=O)Cc1coc(-c2ccccc2)n1. The molecule has 150 valence electrons. The summed E-state index contributed by atoms with van der Waals surface area (Å²) in [7, 11) is -1.46. The van der Waals surface area contributed by atoms with Crippen molar-refractivity contribution in [3.05, 3.63) is 60.5 Å². The minimum Gasteiger partial charge on any atom is -0.486 e. The lowest BCUT2D eigenvalue weighted by atomic mass is 10.2. The highest BCUT2D eigenvalue weighted by Gasteiger charge is 2.22. The average Bonchev–Trinajstić information content (AvgIpc) is 3.22. The Hall–Kier alpha value is -3.13. The molecule has 8 heteroatoms. The third kappa shape index (κ3) is 4.48. The molecule has 3 aromatic rings. The minimum atomic E-state index is -1.46. The van der Waals surface area contributed by atoms with Crippen molar-refractivity contribution in [1.82, 2.24) is 4.98 Å². The molecule has 4 rings (SSSR count). The van der Waals surface area contributed by atoms with Crippen LogP contribution in [0.1, 0.15) is 12.6 Å². The smallest absolute Gasteiger partial charge is 0.239 e. The number of amides is 1. The Morgan fingerprint density at radius 1 is 1.14 bits per heavy atom. The molecule has 1 amide bonds. The van der Waals surface area contributed by atoms with Gasteiger partial charge in [-0.3, -0.25) is 9.00 Å². The number of nitrogens with zero attached hydrogens (tertiary/aromatic N) is 1. The van der Waals surface area contributed by atoms with Crippen LogP contribution in [0, 0.1) is 0 Å². The van der Waals surface area contributed by atoms with E-state index in [-0.39, 0.29) is 11.7 Å².